The van der Waals surface area contributed by atoms with E-state index in [1.165, 1.54) is 0 Å². The molecule has 1 aliphatic rings. The first kappa shape index (κ1) is 11.0. The molecule has 0 aromatic carbocycles. The van der Waals surface area contributed by atoms with Gasteiger partial charge < -0.3 is 14.6 Å². The van der Waals surface area contributed by atoms with Gasteiger partial charge in [0.1, 0.15) is 0 Å². The van der Waals surface area contributed by atoms with Gasteiger partial charge in [0.05, 0.1) is 33.0 Å². The van der Waals surface area contributed by atoms with Gasteiger partial charge in [0.25, 0.3) is 0 Å². The maximum atomic E-state index is 9.12. The average Bonchev–Trinajstić information content (AvgIpc) is 2.09. The summed E-state index contributed by atoms with van der Waals surface area (Å²) in [7, 11) is 0. The highest BCUT2D eigenvalue weighted by atomic mass is 16.5. The molecule has 1 saturated heterocycles. The Hall–Kier alpha value is -0.120. The molecule has 1 fully saturated rings. The van der Waals surface area contributed by atoms with Gasteiger partial charge in [0.15, 0.2) is 0 Å². The van der Waals surface area contributed by atoms with E-state index in [-0.39, 0.29) is 12.0 Å². The van der Waals surface area contributed by atoms with Crippen LogP contribution in [0.4, 0.5) is 0 Å². The molecule has 3 nitrogen and oxygen atoms in total. The summed E-state index contributed by atoms with van der Waals surface area (Å²) in [5.41, 5.74) is -0.0649. The van der Waals surface area contributed by atoms with Crippen LogP contribution in [0.3, 0.4) is 0 Å². The van der Waals surface area contributed by atoms with E-state index < -0.39 is 0 Å². The van der Waals surface area contributed by atoms with Gasteiger partial charge in [-0.25, -0.2) is 0 Å². The number of hydrogen-bond acceptors (Lipinski definition) is 3. The van der Waals surface area contributed by atoms with E-state index in [1.807, 2.05) is 6.92 Å². The minimum Gasteiger partial charge on any atom is -0.396 e. The predicted molar refractivity (Wildman–Crippen MR) is 50.6 cm³/mol. The van der Waals surface area contributed by atoms with Gasteiger partial charge in [-0.05, 0) is 6.42 Å². The Morgan fingerprint density at radius 1 is 1.54 bits per heavy atom. The molecule has 0 saturated carbocycles. The lowest BCUT2D eigenvalue weighted by Gasteiger charge is -2.29. The maximum absolute atomic E-state index is 9.12. The van der Waals surface area contributed by atoms with Crippen molar-refractivity contribution in [2.45, 2.75) is 20.3 Å². The van der Waals surface area contributed by atoms with E-state index in [0.717, 1.165) is 26.2 Å². The molecule has 1 rings (SSSR count). The summed E-state index contributed by atoms with van der Waals surface area (Å²) < 4.78 is 10.6. The van der Waals surface area contributed by atoms with Crippen LogP contribution in [0, 0.1) is 11.3 Å². The maximum Gasteiger partial charge on any atom is 0.0541 e. The van der Waals surface area contributed by atoms with E-state index in [9.17, 15) is 0 Å². The summed E-state index contributed by atoms with van der Waals surface area (Å²) in [5, 5.41) is 9.12. The molecule has 0 aromatic heterocycles. The van der Waals surface area contributed by atoms with Crippen LogP contribution in [0.1, 0.15) is 20.3 Å². The highest BCUT2D eigenvalue weighted by Gasteiger charge is 2.23. The first-order chi connectivity index (χ1) is 6.20. The topological polar surface area (TPSA) is 38.7 Å². The Bertz CT molecular complexity index is 139. The lowest BCUT2D eigenvalue weighted by molar-refractivity contribution is -0.0866. The molecular formula is C10H20O3. The van der Waals surface area contributed by atoms with E-state index >= 15 is 0 Å². The second-order valence-corrected chi connectivity index (χ2v) is 4.24. The van der Waals surface area contributed by atoms with Gasteiger partial charge in [0, 0.05) is 11.3 Å². The second kappa shape index (κ2) is 4.94. The van der Waals surface area contributed by atoms with Gasteiger partial charge >= 0.3 is 0 Å². The summed E-state index contributed by atoms with van der Waals surface area (Å²) >= 11 is 0. The first-order valence-corrected chi connectivity index (χ1v) is 4.96. The molecule has 1 atom stereocenters. The van der Waals surface area contributed by atoms with Crippen LogP contribution >= 0.6 is 0 Å². The van der Waals surface area contributed by atoms with Gasteiger partial charge in [-0.2, -0.15) is 0 Å². The van der Waals surface area contributed by atoms with Crippen molar-refractivity contribution in [1.82, 2.24) is 0 Å². The Labute approximate surface area is 80.0 Å². The third-order valence-electron chi connectivity index (χ3n) is 2.75. The number of aliphatic hydroxyl groups is 1. The highest BCUT2D eigenvalue weighted by Crippen LogP contribution is 2.21. The molecule has 0 spiro atoms. The minimum atomic E-state index is -0.0649. The van der Waals surface area contributed by atoms with E-state index in [4.69, 9.17) is 14.6 Å². The summed E-state index contributed by atoms with van der Waals surface area (Å²) in [5.74, 6) is 0.583. The summed E-state index contributed by atoms with van der Waals surface area (Å²) in [4.78, 5) is 0. The van der Waals surface area contributed by atoms with Crippen molar-refractivity contribution in [1.29, 1.82) is 0 Å². The first-order valence-electron chi connectivity index (χ1n) is 4.96. The van der Waals surface area contributed by atoms with E-state index in [1.54, 1.807) is 0 Å². The molecule has 0 radical (unpaired) electrons. The van der Waals surface area contributed by atoms with Gasteiger partial charge in [-0.1, -0.05) is 13.8 Å². The molecule has 0 bridgehead atoms. The Balaban J connectivity index is 2.08. The van der Waals surface area contributed by atoms with E-state index in [2.05, 4.69) is 6.92 Å². The third kappa shape index (κ3) is 3.25. The number of hydrogen-bond donors (Lipinski definition) is 1. The third-order valence-corrected chi connectivity index (χ3v) is 2.75. The summed E-state index contributed by atoms with van der Waals surface area (Å²) in [6.45, 7) is 7.41. The van der Waals surface area contributed by atoms with Crippen LogP contribution in [-0.4, -0.2) is 38.1 Å². The molecule has 3 heteroatoms. The fraction of sp³-hybridized carbons (Fsp3) is 1.00. The molecule has 0 amide bonds. The van der Waals surface area contributed by atoms with Crippen molar-refractivity contribution < 1.29 is 14.6 Å². The van der Waals surface area contributed by atoms with Crippen LogP contribution < -0.4 is 0 Å². The quantitative estimate of drug-likeness (QED) is 0.677. The normalized spacial score (nSPS) is 22.4. The zero-order chi connectivity index (χ0) is 9.73. The van der Waals surface area contributed by atoms with Crippen LogP contribution in [0.5, 0.6) is 0 Å². The SMILES string of the molecule is CCC(C)(CO)COCC1COC1. The lowest BCUT2D eigenvalue weighted by Crippen LogP contribution is -2.34. The van der Waals surface area contributed by atoms with Crippen molar-refractivity contribution in [3.8, 4) is 0 Å². The fourth-order valence-corrected chi connectivity index (χ4v) is 1.11. The predicted octanol–water partition coefficient (Wildman–Crippen LogP) is 1.06. The van der Waals surface area contributed by atoms with Crippen molar-refractivity contribution >= 4 is 0 Å². The number of rotatable bonds is 6. The van der Waals surface area contributed by atoms with E-state index in [0.29, 0.717) is 12.5 Å². The van der Waals surface area contributed by atoms with Crippen LogP contribution in [0.25, 0.3) is 0 Å². The fourth-order valence-electron chi connectivity index (χ4n) is 1.11. The zero-order valence-electron chi connectivity index (χ0n) is 8.58. The van der Waals surface area contributed by atoms with Crippen LogP contribution in [0.2, 0.25) is 0 Å². The molecule has 13 heavy (non-hydrogen) atoms. The molecule has 78 valence electrons. The summed E-state index contributed by atoms with van der Waals surface area (Å²) in [6.07, 6.45) is 0.949. The largest absolute Gasteiger partial charge is 0.396 e. The molecule has 1 unspecified atom stereocenters. The Kier molecular flexibility index (Phi) is 4.16. The molecule has 1 N–H and O–H groups in total. The van der Waals surface area contributed by atoms with Crippen LogP contribution in [0.15, 0.2) is 0 Å². The second-order valence-electron chi connectivity index (χ2n) is 4.24. The van der Waals surface area contributed by atoms with Crippen LogP contribution in [-0.2, 0) is 9.47 Å². The van der Waals surface area contributed by atoms with Gasteiger partial charge in [-0.15, -0.1) is 0 Å². The molecule has 1 heterocycles. The monoisotopic (exact) mass is 188 g/mol. The standard InChI is InChI=1S/C10H20O3/c1-3-10(2,7-11)8-13-6-9-4-12-5-9/h9,11H,3-8H2,1-2H3. The molecular weight excluding hydrogens is 168 g/mol. The number of aliphatic hydroxyl groups excluding tert-OH is 1. The Morgan fingerprint density at radius 2 is 2.23 bits per heavy atom. The van der Waals surface area contributed by atoms with Gasteiger partial charge in [-0.3, -0.25) is 0 Å². The molecule has 0 aliphatic carbocycles. The highest BCUT2D eigenvalue weighted by molar-refractivity contribution is 4.71. The van der Waals surface area contributed by atoms with Crippen molar-refractivity contribution in [3.63, 3.8) is 0 Å². The van der Waals surface area contributed by atoms with Gasteiger partial charge in [0.2, 0.25) is 0 Å². The lowest BCUT2D eigenvalue weighted by atomic mass is 9.90. The number of ether oxygens (including phenoxy) is 2. The van der Waals surface area contributed by atoms with Crippen molar-refractivity contribution in [2.75, 3.05) is 33.0 Å². The molecule has 1 aliphatic heterocycles. The average molecular weight is 188 g/mol. The minimum absolute atomic E-state index is 0.0649. The zero-order valence-corrected chi connectivity index (χ0v) is 8.58. The molecule has 0 aromatic rings. The smallest absolute Gasteiger partial charge is 0.0541 e. The van der Waals surface area contributed by atoms with Crippen molar-refractivity contribution in [3.05, 3.63) is 0 Å². The Morgan fingerprint density at radius 3 is 2.62 bits per heavy atom. The summed E-state index contributed by atoms with van der Waals surface area (Å²) in [6, 6.07) is 0. The van der Waals surface area contributed by atoms with Crippen molar-refractivity contribution in [2.24, 2.45) is 11.3 Å².